The van der Waals surface area contributed by atoms with Crippen molar-refractivity contribution in [1.29, 1.82) is 0 Å². The fourth-order valence-electron chi connectivity index (χ4n) is 0. The normalized spacial score (nSPS) is 9.44. The molecule has 0 rings (SSSR count). The number of alkyl halides is 3. The fraction of sp³-hybridized carbons (Fsp3) is 0.667. The Morgan fingerprint density at radius 3 is 1.56 bits per heavy atom. The van der Waals surface area contributed by atoms with E-state index in [0.29, 0.717) is 0 Å². The van der Waals surface area contributed by atoms with Crippen molar-refractivity contribution >= 4 is 18.6 Å². The minimum Gasteiger partial charge on any atom is -0.475 e. The van der Waals surface area contributed by atoms with Crippen molar-refractivity contribution in [2.24, 2.45) is 0 Å². The molecule has 56 valence electrons. The number of hydrogen-bond donors (Lipinski definition) is 2. The van der Waals surface area contributed by atoms with E-state index in [9.17, 15) is 13.2 Å². The minimum atomic E-state index is -5.08. The Bertz CT molecular complexity index is 89.5. The van der Waals surface area contributed by atoms with E-state index in [-0.39, 0.29) is 0 Å². The largest absolute Gasteiger partial charge is 0.490 e. The van der Waals surface area contributed by atoms with Gasteiger partial charge in [0, 0.05) is 0 Å². The topological polar surface area (TPSA) is 37.3 Å². The fourth-order valence-corrected chi connectivity index (χ4v) is 0. The van der Waals surface area contributed by atoms with E-state index in [1.807, 2.05) is 0 Å². The first-order chi connectivity index (χ1) is 3.94. The molecule has 0 aromatic rings. The highest BCUT2D eigenvalue weighted by Crippen LogP contribution is 2.13. The second-order valence-electron chi connectivity index (χ2n) is 0.803. The van der Waals surface area contributed by atoms with Gasteiger partial charge in [-0.2, -0.15) is 25.8 Å². The average Bonchev–Trinajstić information content (AvgIpc) is 1.69. The summed E-state index contributed by atoms with van der Waals surface area (Å²) in [5.74, 6) is -2.76. The molecule has 0 fully saturated rings. The van der Waals surface area contributed by atoms with Gasteiger partial charge in [-0.25, -0.2) is 4.79 Å². The van der Waals surface area contributed by atoms with Crippen LogP contribution in [0.1, 0.15) is 0 Å². The molecule has 0 spiro atoms. The zero-order valence-corrected chi connectivity index (χ0v) is 5.33. The predicted molar refractivity (Wildman–Crippen MR) is 28.6 cm³/mol. The summed E-state index contributed by atoms with van der Waals surface area (Å²) < 4.78 is 31.7. The van der Waals surface area contributed by atoms with Gasteiger partial charge >= 0.3 is 12.1 Å². The molecule has 2 nitrogen and oxygen atoms in total. The third-order valence-electron chi connectivity index (χ3n) is 0.243. The maximum Gasteiger partial charge on any atom is 0.490 e. The first-order valence-corrected chi connectivity index (χ1v) is 2.59. The van der Waals surface area contributed by atoms with E-state index in [4.69, 9.17) is 9.90 Å². The van der Waals surface area contributed by atoms with Gasteiger partial charge in [-0.3, -0.25) is 0 Å². The maximum absolute atomic E-state index is 10.6. The molecule has 0 saturated carbocycles. The van der Waals surface area contributed by atoms with Crippen LogP contribution >= 0.6 is 12.6 Å². The molecule has 0 aliphatic carbocycles. The van der Waals surface area contributed by atoms with Crippen molar-refractivity contribution in [2.45, 2.75) is 6.18 Å². The Morgan fingerprint density at radius 1 is 1.44 bits per heavy atom. The van der Waals surface area contributed by atoms with E-state index >= 15 is 0 Å². The van der Waals surface area contributed by atoms with Gasteiger partial charge in [-0.15, -0.1) is 0 Å². The molecule has 0 unspecified atom stereocenters. The van der Waals surface area contributed by atoms with Crippen molar-refractivity contribution in [2.75, 3.05) is 6.26 Å². The van der Waals surface area contributed by atoms with Crippen molar-refractivity contribution in [3.63, 3.8) is 0 Å². The van der Waals surface area contributed by atoms with E-state index in [0.717, 1.165) is 0 Å². The summed E-state index contributed by atoms with van der Waals surface area (Å²) >= 11 is 3.53. The van der Waals surface area contributed by atoms with Crippen LogP contribution in [0.4, 0.5) is 13.2 Å². The van der Waals surface area contributed by atoms with Crippen LogP contribution in [0, 0.1) is 0 Å². The molecule has 0 heterocycles. The lowest BCUT2D eigenvalue weighted by Crippen LogP contribution is -2.21. The van der Waals surface area contributed by atoms with E-state index < -0.39 is 12.1 Å². The molecule has 0 radical (unpaired) electrons. The molecule has 0 aliphatic rings. The summed E-state index contributed by atoms with van der Waals surface area (Å²) in [4.78, 5) is 8.90. The summed E-state index contributed by atoms with van der Waals surface area (Å²) in [6, 6.07) is 0. The molecular weight excluding hydrogens is 157 g/mol. The zero-order valence-electron chi connectivity index (χ0n) is 4.44. The van der Waals surface area contributed by atoms with Crippen LogP contribution in [0.5, 0.6) is 0 Å². The van der Waals surface area contributed by atoms with E-state index in [1.165, 1.54) is 0 Å². The van der Waals surface area contributed by atoms with Gasteiger partial charge in [-0.1, -0.05) is 0 Å². The molecule has 9 heavy (non-hydrogen) atoms. The number of carbonyl (C=O) groups is 1. The highest BCUT2D eigenvalue weighted by Gasteiger charge is 2.38. The highest BCUT2D eigenvalue weighted by atomic mass is 32.1. The van der Waals surface area contributed by atoms with Crippen LogP contribution in [0.25, 0.3) is 0 Å². The number of carboxylic acid groups (broad SMARTS) is 1. The molecule has 0 aromatic carbocycles. The van der Waals surface area contributed by atoms with Gasteiger partial charge in [0.1, 0.15) is 0 Å². The van der Waals surface area contributed by atoms with Crippen molar-refractivity contribution in [3.05, 3.63) is 0 Å². The van der Waals surface area contributed by atoms with Crippen molar-refractivity contribution < 1.29 is 23.1 Å². The number of thiol groups is 1. The van der Waals surface area contributed by atoms with E-state index in [1.54, 1.807) is 6.26 Å². The molecular formula is C3H5F3O2S. The summed E-state index contributed by atoms with van der Waals surface area (Å²) in [5, 5.41) is 7.12. The molecule has 0 aromatic heterocycles. The molecule has 0 amide bonds. The third kappa shape index (κ3) is 7.61. The first kappa shape index (κ1) is 11.4. The van der Waals surface area contributed by atoms with Crippen LogP contribution in [0.2, 0.25) is 0 Å². The Hall–Kier alpha value is -0.390. The zero-order chi connectivity index (χ0) is 8.08. The predicted octanol–water partition coefficient (Wildman–Crippen LogP) is 1.18. The maximum atomic E-state index is 10.6. The standard InChI is InChI=1S/C2HF3O2.CH4S/c3-2(4,5)1(6)7;1-2/h(H,6,7);2H,1H3. The van der Waals surface area contributed by atoms with Crippen LogP contribution in [-0.4, -0.2) is 23.5 Å². The van der Waals surface area contributed by atoms with Gasteiger partial charge in [0.2, 0.25) is 0 Å². The first-order valence-electron chi connectivity index (χ1n) is 1.69. The Kier molecular flexibility index (Phi) is 5.69. The Morgan fingerprint density at radius 2 is 1.56 bits per heavy atom. The van der Waals surface area contributed by atoms with Gasteiger partial charge in [0.25, 0.3) is 0 Å². The summed E-state index contributed by atoms with van der Waals surface area (Å²) in [6.45, 7) is 0. The van der Waals surface area contributed by atoms with Crippen LogP contribution < -0.4 is 0 Å². The van der Waals surface area contributed by atoms with Crippen LogP contribution in [0.15, 0.2) is 0 Å². The van der Waals surface area contributed by atoms with Gasteiger partial charge in [-0.05, 0) is 6.26 Å². The molecule has 0 saturated heterocycles. The quantitative estimate of drug-likeness (QED) is 0.525. The van der Waals surface area contributed by atoms with Crippen LogP contribution in [-0.2, 0) is 4.79 Å². The van der Waals surface area contributed by atoms with Crippen LogP contribution in [0.3, 0.4) is 0 Å². The third-order valence-corrected chi connectivity index (χ3v) is 0.243. The lowest BCUT2D eigenvalue weighted by molar-refractivity contribution is -0.192. The molecule has 6 heteroatoms. The summed E-state index contributed by atoms with van der Waals surface area (Å²) in [5.41, 5.74) is 0. The second kappa shape index (κ2) is 4.49. The SMILES string of the molecule is CS.O=C(O)C(F)(F)F. The smallest absolute Gasteiger partial charge is 0.475 e. The number of rotatable bonds is 0. The lowest BCUT2D eigenvalue weighted by atomic mass is 10.7. The number of halogens is 3. The van der Waals surface area contributed by atoms with Crippen molar-refractivity contribution in [3.8, 4) is 0 Å². The summed E-state index contributed by atoms with van der Waals surface area (Å²) in [6.07, 6.45) is -3.39. The molecule has 0 bridgehead atoms. The average molecular weight is 162 g/mol. The Balaban J connectivity index is 0. The van der Waals surface area contributed by atoms with Crippen molar-refractivity contribution in [1.82, 2.24) is 0 Å². The van der Waals surface area contributed by atoms with E-state index in [2.05, 4.69) is 12.6 Å². The Labute approximate surface area is 55.1 Å². The molecule has 1 N–H and O–H groups in total. The molecule has 0 aliphatic heterocycles. The molecule has 0 atom stereocenters. The highest BCUT2D eigenvalue weighted by molar-refractivity contribution is 7.79. The summed E-state index contributed by atoms with van der Waals surface area (Å²) in [7, 11) is 0. The number of aliphatic carboxylic acids is 1. The monoisotopic (exact) mass is 162 g/mol. The second-order valence-corrected chi connectivity index (χ2v) is 0.803. The van der Waals surface area contributed by atoms with Gasteiger partial charge < -0.3 is 5.11 Å². The lowest BCUT2D eigenvalue weighted by Gasteiger charge is -1.93. The minimum absolute atomic E-state index is 1.69. The van der Waals surface area contributed by atoms with Gasteiger partial charge in [0.05, 0.1) is 0 Å². The van der Waals surface area contributed by atoms with Gasteiger partial charge in [0.15, 0.2) is 0 Å². The number of carboxylic acids is 1. The number of hydrogen-bond acceptors (Lipinski definition) is 2.